The zero-order valence-electron chi connectivity index (χ0n) is 24.2. The molecule has 218 valence electrons. The van der Waals surface area contributed by atoms with E-state index in [1.807, 2.05) is 50.8 Å². The van der Waals surface area contributed by atoms with Crippen molar-refractivity contribution in [2.45, 2.75) is 65.7 Å². The van der Waals surface area contributed by atoms with Crippen LogP contribution in [0.2, 0.25) is 0 Å². The van der Waals surface area contributed by atoms with Crippen molar-refractivity contribution < 1.29 is 18.7 Å². The number of aryl methyl sites for hydroxylation is 2. The minimum atomic E-state index is -0.829. The van der Waals surface area contributed by atoms with Crippen molar-refractivity contribution in [1.29, 1.82) is 0 Å². The minimum absolute atomic E-state index is 0.0396. The minimum Gasteiger partial charge on any atom is -0.425 e. The van der Waals surface area contributed by atoms with Crippen LogP contribution in [0.15, 0.2) is 59.8 Å². The van der Waals surface area contributed by atoms with Gasteiger partial charge in [-0.1, -0.05) is 38.1 Å². The van der Waals surface area contributed by atoms with Crippen LogP contribution in [0.1, 0.15) is 55.8 Å². The number of carbonyl (C=O) groups excluding carboxylic acids is 2. The summed E-state index contributed by atoms with van der Waals surface area (Å²) in [4.78, 5) is 44.9. The number of alkyl halides is 1. The van der Waals surface area contributed by atoms with Gasteiger partial charge in [0, 0.05) is 50.2 Å². The average molecular weight is 563 g/mol. The molecule has 1 fully saturated rings. The van der Waals surface area contributed by atoms with Crippen molar-refractivity contribution in [3.05, 3.63) is 82.0 Å². The number of nitrogens with zero attached hydrogens (tertiary/aromatic N) is 3. The Bertz CT molecular complexity index is 1420. The Kier molecular flexibility index (Phi) is 10.0. The van der Waals surface area contributed by atoms with Gasteiger partial charge in [0.1, 0.15) is 18.0 Å². The Morgan fingerprint density at radius 2 is 1.90 bits per heavy atom. The van der Waals surface area contributed by atoms with Gasteiger partial charge in [-0.25, -0.2) is 4.39 Å². The van der Waals surface area contributed by atoms with E-state index in [1.165, 1.54) is 16.8 Å². The van der Waals surface area contributed by atoms with Crippen LogP contribution >= 0.6 is 0 Å². The van der Waals surface area contributed by atoms with E-state index >= 15 is 0 Å². The van der Waals surface area contributed by atoms with E-state index < -0.39 is 18.2 Å². The number of halogens is 1. The van der Waals surface area contributed by atoms with Crippen LogP contribution in [0.4, 0.5) is 4.39 Å². The first-order valence-electron chi connectivity index (χ1n) is 14.2. The van der Waals surface area contributed by atoms with E-state index in [0.717, 1.165) is 27.8 Å². The molecule has 0 bridgehead atoms. The van der Waals surface area contributed by atoms with Crippen LogP contribution in [-0.2, 0) is 16.1 Å². The largest absolute Gasteiger partial charge is 0.425 e. The highest BCUT2D eigenvalue weighted by atomic mass is 19.1. The van der Waals surface area contributed by atoms with Crippen molar-refractivity contribution in [3.63, 3.8) is 0 Å². The lowest BCUT2D eigenvalue weighted by molar-refractivity contribution is -0.134. The number of rotatable bonds is 11. The summed E-state index contributed by atoms with van der Waals surface area (Å²) in [5.41, 5.74) is 4.67. The molecular formula is C32H39FN4O4. The maximum atomic E-state index is 13.6. The molecule has 1 unspecified atom stereocenters. The number of amides is 1. The van der Waals surface area contributed by atoms with E-state index in [2.05, 4.69) is 10.3 Å². The number of hydrogen-bond acceptors (Lipinski definition) is 6. The van der Waals surface area contributed by atoms with E-state index in [9.17, 15) is 18.8 Å². The third-order valence-electron chi connectivity index (χ3n) is 7.30. The van der Waals surface area contributed by atoms with Gasteiger partial charge in [0.15, 0.2) is 0 Å². The zero-order valence-corrected chi connectivity index (χ0v) is 24.2. The molecule has 1 aliphatic heterocycles. The smallest absolute Gasteiger partial charge is 0.313 e. The van der Waals surface area contributed by atoms with E-state index in [0.29, 0.717) is 38.2 Å². The molecule has 0 radical (unpaired) electrons. The third kappa shape index (κ3) is 8.10. The van der Waals surface area contributed by atoms with E-state index in [-0.39, 0.29) is 30.3 Å². The molecule has 0 saturated carbocycles. The Morgan fingerprint density at radius 1 is 1.15 bits per heavy atom. The van der Waals surface area contributed by atoms with Gasteiger partial charge in [-0.3, -0.25) is 24.3 Å². The van der Waals surface area contributed by atoms with Gasteiger partial charge in [0.2, 0.25) is 5.91 Å². The first kappa shape index (κ1) is 30.1. The lowest BCUT2D eigenvalue weighted by atomic mass is 9.97. The molecule has 41 heavy (non-hydrogen) atoms. The number of nitrogens with one attached hydrogen (secondary N) is 1. The summed E-state index contributed by atoms with van der Waals surface area (Å²) < 4.78 is 20.6. The van der Waals surface area contributed by atoms with Crippen LogP contribution in [0.5, 0.6) is 5.75 Å². The predicted molar refractivity (Wildman–Crippen MR) is 156 cm³/mol. The maximum Gasteiger partial charge on any atom is 0.313 e. The fraction of sp³-hybridized carbons (Fsp3) is 0.438. The summed E-state index contributed by atoms with van der Waals surface area (Å²) in [5, 5.41) is 2.81. The van der Waals surface area contributed by atoms with Gasteiger partial charge >= 0.3 is 5.97 Å². The lowest BCUT2D eigenvalue weighted by Gasteiger charge is -2.23. The Balaban J connectivity index is 1.37. The molecule has 1 aromatic carbocycles. The molecule has 9 heteroatoms. The maximum absolute atomic E-state index is 13.6. The molecule has 1 aliphatic rings. The van der Waals surface area contributed by atoms with Crippen LogP contribution in [0, 0.1) is 19.8 Å². The second kappa shape index (κ2) is 13.7. The van der Waals surface area contributed by atoms with Crippen molar-refractivity contribution in [2.75, 3.05) is 19.6 Å². The number of aromatic nitrogens is 2. The van der Waals surface area contributed by atoms with Gasteiger partial charge in [-0.2, -0.15) is 0 Å². The van der Waals surface area contributed by atoms with Gasteiger partial charge < -0.3 is 14.6 Å². The number of likely N-dealkylation sites (tertiary alicyclic amines) is 1. The fourth-order valence-corrected chi connectivity index (χ4v) is 5.34. The predicted octanol–water partition coefficient (Wildman–Crippen LogP) is 4.77. The standard InChI is InChI=1S/C32H39FN4O4/c1-21(2)14-28(37-19-24(8-9-29(37)38)18-36-13-11-26(33)20-36)32(40)35-12-10-30(39)41-27-15-25(16-34-17-27)31-22(3)6-5-7-23(31)4/h5-9,15-17,19,21,26,28H,10-14,18,20H2,1-4H3,(H,35,40)/t26-,28?/m1/s1. The van der Waals surface area contributed by atoms with Crippen molar-refractivity contribution in [3.8, 4) is 16.9 Å². The monoisotopic (exact) mass is 562 g/mol. The summed E-state index contributed by atoms with van der Waals surface area (Å²) >= 11 is 0. The van der Waals surface area contributed by atoms with Gasteiger partial charge in [0.25, 0.3) is 5.56 Å². The molecular weight excluding hydrogens is 523 g/mol. The molecule has 4 rings (SSSR count). The van der Waals surface area contributed by atoms with Gasteiger partial charge in [-0.05, 0) is 60.9 Å². The molecule has 1 saturated heterocycles. The molecule has 3 heterocycles. The lowest BCUT2D eigenvalue weighted by Crippen LogP contribution is -2.39. The molecule has 2 aromatic heterocycles. The Morgan fingerprint density at radius 3 is 2.59 bits per heavy atom. The summed E-state index contributed by atoms with van der Waals surface area (Å²) in [6.07, 6.45) is 5.02. The SMILES string of the molecule is Cc1cccc(C)c1-c1cncc(OC(=O)CCNC(=O)C(CC(C)C)n2cc(CN3CC[C@@H](F)C3)ccc2=O)c1. The van der Waals surface area contributed by atoms with Crippen molar-refractivity contribution >= 4 is 11.9 Å². The van der Waals surface area contributed by atoms with Crippen LogP contribution in [0.3, 0.4) is 0 Å². The highest BCUT2D eigenvalue weighted by Crippen LogP contribution is 2.29. The first-order valence-corrected chi connectivity index (χ1v) is 14.2. The van der Waals surface area contributed by atoms with E-state index in [1.54, 1.807) is 24.5 Å². The number of carbonyl (C=O) groups is 2. The fourth-order valence-electron chi connectivity index (χ4n) is 5.34. The first-order chi connectivity index (χ1) is 19.6. The highest BCUT2D eigenvalue weighted by molar-refractivity contribution is 5.81. The normalized spacial score (nSPS) is 16.1. The number of hydrogen-bond donors (Lipinski definition) is 1. The summed E-state index contributed by atoms with van der Waals surface area (Å²) in [6.45, 7) is 9.63. The third-order valence-corrected chi connectivity index (χ3v) is 7.30. The van der Waals surface area contributed by atoms with Gasteiger partial charge in [-0.15, -0.1) is 0 Å². The number of pyridine rings is 2. The number of ether oxygens (including phenoxy) is 1. The molecule has 8 nitrogen and oxygen atoms in total. The molecule has 1 N–H and O–H groups in total. The van der Waals surface area contributed by atoms with Crippen LogP contribution < -0.4 is 15.6 Å². The Hall–Kier alpha value is -3.85. The van der Waals surface area contributed by atoms with Gasteiger partial charge in [0.05, 0.1) is 12.6 Å². The van der Waals surface area contributed by atoms with Crippen molar-refractivity contribution in [1.82, 2.24) is 19.8 Å². The van der Waals surface area contributed by atoms with E-state index in [4.69, 9.17) is 4.74 Å². The molecule has 0 spiro atoms. The summed E-state index contributed by atoms with van der Waals surface area (Å²) in [6, 6.07) is 10.3. The zero-order chi connectivity index (χ0) is 29.5. The molecule has 3 aromatic rings. The number of esters is 1. The highest BCUT2D eigenvalue weighted by Gasteiger charge is 2.25. The molecule has 1 amide bonds. The molecule has 0 aliphatic carbocycles. The number of benzene rings is 1. The summed E-state index contributed by atoms with van der Waals surface area (Å²) in [5.74, 6) is -0.357. The second-order valence-corrected chi connectivity index (χ2v) is 11.2. The Labute approximate surface area is 240 Å². The topological polar surface area (TPSA) is 93.5 Å². The summed E-state index contributed by atoms with van der Waals surface area (Å²) in [7, 11) is 0. The van der Waals surface area contributed by atoms with Crippen LogP contribution in [0.25, 0.3) is 11.1 Å². The van der Waals surface area contributed by atoms with Crippen LogP contribution in [-0.4, -0.2) is 52.1 Å². The second-order valence-electron chi connectivity index (χ2n) is 11.2. The van der Waals surface area contributed by atoms with Crippen molar-refractivity contribution in [2.24, 2.45) is 5.92 Å². The average Bonchev–Trinajstić information content (AvgIpc) is 3.32. The molecule has 2 atom stereocenters. The quantitative estimate of drug-likeness (QED) is 0.339.